The van der Waals surface area contributed by atoms with Crippen molar-refractivity contribution in [3.05, 3.63) is 71.2 Å². The van der Waals surface area contributed by atoms with Crippen LogP contribution in [0.5, 0.6) is 0 Å². The van der Waals surface area contributed by atoms with Gasteiger partial charge in [-0.2, -0.15) is 0 Å². The first-order chi connectivity index (χ1) is 9.54. The summed E-state index contributed by atoms with van der Waals surface area (Å²) in [6.07, 6.45) is 1.88. The molecule has 0 saturated heterocycles. The van der Waals surface area contributed by atoms with Crippen LogP contribution < -0.4 is 0 Å². The second-order valence-electron chi connectivity index (χ2n) is 4.85. The standard InChI is InChI=1S/C16H12F3N/c1-10-8-20(16-5-3-12(17)7-13(10)16)9-11-2-4-14(18)15(19)6-11/h2-8H,9H2,1H3. The Labute approximate surface area is 114 Å². The van der Waals surface area contributed by atoms with Crippen LogP contribution in [-0.4, -0.2) is 4.57 Å². The van der Waals surface area contributed by atoms with Crippen LogP contribution >= 0.6 is 0 Å². The Kier molecular flexibility index (Phi) is 3.01. The third-order valence-corrected chi connectivity index (χ3v) is 3.38. The molecule has 2 aromatic carbocycles. The van der Waals surface area contributed by atoms with Gasteiger partial charge in [-0.3, -0.25) is 0 Å². The van der Waals surface area contributed by atoms with Crippen LogP contribution in [0.2, 0.25) is 0 Å². The van der Waals surface area contributed by atoms with Crippen molar-refractivity contribution in [1.82, 2.24) is 4.57 Å². The van der Waals surface area contributed by atoms with Crippen LogP contribution in [0.4, 0.5) is 13.2 Å². The quantitative estimate of drug-likeness (QED) is 0.652. The molecule has 20 heavy (non-hydrogen) atoms. The maximum Gasteiger partial charge on any atom is 0.159 e. The topological polar surface area (TPSA) is 4.93 Å². The van der Waals surface area contributed by atoms with Crippen molar-refractivity contribution in [2.24, 2.45) is 0 Å². The molecule has 0 atom stereocenters. The smallest absolute Gasteiger partial charge is 0.159 e. The lowest BCUT2D eigenvalue weighted by molar-refractivity contribution is 0.506. The third kappa shape index (κ3) is 2.18. The Balaban J connectivity index is 2.04. The number of aromatic nitrogens is 1. The van der Waals surface area contributed by atoms with Crippen LogP contribution in [0.1, 0.15) is 11.1 Å². The van der Waals surface area contributed by atoms with E-state index < -0.39 is 11.6 Å². The summed E-state index contributed by atoms with van der Waals surface area (Å²) in [4.78, 5) is 0. The molecule has 0 N–H and O–H groups in total. The first-order valence-electron chi connectivity index (χ1n) is 6.23. The molecule has 0 spiro atoms. The molecule has 1 heterocycles. The molecular weight excluding hydrogens is 263 g/mol. The van der Waals surface area contributed by atoms with Crippen molar-refractivity contribution in [3.8, 4) is 0 Å². The van der Waals surface area contributed by atoms with E-state index in [1.54, 1.807) is 12.1 Å². The third-order valence-electron chi connectivity index (χ3n) is 3.38. The molecule has 1 aromatic heterocycles. The zero-order chi connectivity index (χ0) is 14.3. The van der Waals surface area contributed by atoms with E-state index >= 15 is 0 Å². The largest absolute Gasteiger partial charge is 0.343 e. The summed E-state index contributed by atoms with van der Waals surface area (Å²) in [5, 5.41) is 0.826. The van der Waals surface area contributed by atoms with E-state index in [2.05, 4.69) is 0 Å². The fraction of sp³-hybridized carbons (Fsp3) is 0.125. The average molecular weight is 275 g/mol. The fourth-order valence-corrected chi connectivity index (χ4v) is 2.41. The second-order valence-corrected chi connectivity index (χ2v) is 4.85. The van der Waals surface area contributed by atoms with Crippen LogP contribution in [-0.2, 0) is 6.54 Å². The molecular formula is C16H12F3N. The Bertz CT molecular complexity index is 790. The Morgan fingerprint density at radius 1 is 0.950 bits per heavy atom. The summed E-state index contributed by atoms with van der Waals surface area (Å²) >= 11 is 0. The molecule has 0 fully saturated rings. The molecule has 0 aliphatic heterocycles. The number of rotatable bonds is 2. The summed E-state index contributed by atoms with van der Waals surface area (Å²) in [6.45, 7) is 2.30. The van der Waals surface area contributed by atoms with Gasteiger partial charge in [-0.1, -0.05) is 6.07 Å². The van der Waals surface area contributed by atoms with Gasteiger partial charge in [0.05, 0.1) is 0 Å². The van der Waals surface area contributed by atoms with Crippen LogP contribution in [0.15, 0.2) is 42.6 Å². The number of fused-ring (bicyclic) bond motifs is 1. The lowest BCUT2D eigenvalue weighted by Crippen LogP contribution is -1.99. The van der Waals surface area contributed by atoms with Crippen molar-refractivity contribution in [2.45, 2.75) is 13.5 Å². The molecule has 0 aliphatic carbocycles. The number of hydrogen-bond acceptors (Lipinski definition) is 0. The molecule has 1 nitrogen and oxygen atoms in total. The van der Waals surface area contributed by atoms with Crippen molar-refractivity contribution < 1.29 is 13.2 Å². The van der Waals surface area contributed by atoms with Crippen molar-refractivity contribution in [3.63, 3.8) is 0 Å². The molecule has 0 aliphatic rings. The highest BCUT2D eigenvalue weighted by Crippen LogP contribution is 2.23. The normalized spacial score (nSPS) is 11.2. The first kappa shape index (κ1) is 12.8. The molecule has 3 aromatic rings. The number of aryl methyl sites for hydroxylation is 1. The molecule has 3 rings (SSSR count). The minimum absolute atomic E-state index is 0.286. The van der Waals surface area contributed by atoms with Gasteiger partial charge in [-0.05, 0) is 48.4 Å². The summed E-state index contributed by atoms with van der Waals surface area (Å²) in [7, 11) is 0. The van der Waals surface area contributed by atoms with Crippen molar-refractivity contribution in [2.75, 3.05) is 0 Å². The van der Waals surface area contributed by atoms with Gasteiger partial charge in [0.2, 0.25) is 0 Å². The predicted octanol–water partition coefficient (Wildman–Crippen LogP) is 4.42. The van der Waals surface area contributed by atoms with E-state index in [9.17, 15) is 13.2 Å². The molecule has 0 saturated carbocycles. The van der Waals surface area contributed by atoms with Gasteiger partial charge in [0, 0.05) is 23.6 Å². The van der Waals surface area contributed by atoms with Crippen molar-refractivity contribution >= 4 is 10.9 Å². The van der Waals surface area contributed by atoms with Crippen LogP contribution in [0.3, 0.4) is 0 Å². The highest BCUT2D eigenvalue weighted by atomic mass is 19.2. The lowest BCUT2D eigenvalue weighted by atomic mass is 10.2. The van der Waals surface area contributed by atoms with Gasteiger partial charge in [0.1, 0.15) is 5.82 Å². The van der Waals surface area contributed by atoms with E-state index in [0.717, 1.165) is 22.5 Å². The molecule has 0 bridgehead atoms. The number of hydrogen-bond donors (Lipinski definition) is 0. The number of benzene rings is 2. The van der Waals surface area contributed by atoms with E-state index in [4.69, 9.17) is 0 Å². The summed E-state index contributed by atoms with van der Waals surface area (Å²) in [6, 6.07) is 8.40. The highest BCUT2D eigenvalue weighted by molar-refractivity contribution is 5.83. The average Bonchev–Trinajstić information content (AvgIpc) is 2.70. The van der Waals surface area contributed by atoms with E-state index in [1.165, 1.54) is 18.2 Å². The molecule has 102 valence electrons. The van der Waals surface area contributed by atoms with E-state index in [0.29, 0.717) is 12.1 Å². The van der Waals surface area contributed by atoms with Gasteiger partial charge in [0.25, 0.3) is 0 Å². The van der Waals surface area contributed by atoms with Gasteiger partial charge in [-0.25, -0.2) is 13.2 Å². The van der Waals surface area contributed by atoms with Crippen LogP contribution in [0, 0.1) is 24.4 Å². The summed E-state index contributed by atoms with van der Waals surface area (Å²) in [5.74, 6) is -2.00. The minimum atomic E-state index is -0.860. The minimum Gasteiger partial charge on any atom is -0.343 e. The summed E-state index contributed by atoms with van der Waals surface area (Å²) in [5.41, 5.74) is 2.47. The zero-order valence-electron chi connectivity index (χ0n) is 10.8. The number of halogens is 3. The predicted molar refractivity (Wildman–Crippen MR) is 72.1 cm³/mol. The lowest BCUT2D eigenvalue weighted by Gasteiger charge is -2.06. The monoisotopic (exact) mass is 275 g/mol. The zero-order valence-corrected chi connectivity index (χ0v) is 10.8. The second kappa shape index (κ2) is 4.71. The van der Waals surface area contributed by atoms with Crippen molar-refractivity contribution in [1.29, 1.82) is 0 Å². The van der Waals surface area contributed by atoms with Gasteiger partial charge in [0.15, 0.2) is 11.6 Å². The fourth-order valence-electron chi connectivity index (χ4n) is 2.41. The SMILES string of the molecule is Cc1cn(Cc2ccc(F)c(F)c2)c2ccc(F)cc12. The maximum absolute atomic E-state index is 13.2. The van der Waals surface area contributed by atoms with Gasteiger partial charge < -0.3 is 4.57 Å². The number of nitrogens with zero attached hydrogens (tertiary/aromatic N) is 1. The summed E-state index contributed by atoms with van der Waals surface area (Å²) < 4.78 is 41.3. The van der Waals surface area contributed by atoms with E-state index in [1.807, 2.05) is 17.7 Å². The van der Waals surface area contributed by atoms with Gasteiger partial charge in [-0.15, -0.1) is 0 Å². The first-order valence-corrected chi connectivity index (χ1v) is 6.23. The maximum atomic E-state index is 13.2. The Morgan fingerprint density at radius 3 is 2.50 bits per heavy atom. The molecule has 0 amide bonds. The van der Waals surface area contributed by atoms with Crippen LogP contribution in [0.25, 0.3) is 10.9 Å². The van der Waals surface area contributed by atoms with E-state index in [-0.39, 0.29) is 5.82 Å². The Hall–Kier alpha value is -2.23. The highest BCUT2D eigenvalue weighted by Gasteiger charge is 2.08. The molecule has 0 unspecified atom stereocenters. The molecule has 4 heteroatoms. The molecule has 0 radical (unpaired) electrons. The Morgan fingerprint density at radius 2 is 1.75 bits per heavy atom. The van der Waals surface area contributed by atoms with Gasteiger partial charge >= 0.3 is 0 Å².